The van der Waals surface area contributed by atoms with Gasteiger partial charge in [-0.2, -0.15) is 0 Å². The Morgan fingerprint density at radius 3 is 2.92 bits per heavy atom. The average Bonchev–Trinajstić information content (AvgIpc) is 2.11. The van der Waals surface area contributed by atoms with Crippen molar-refractivity contribution >= 4 is 5.97 Å². The molecule has 0 spiro atoms. The summed E-state index contributed by atoms with van der Waals surface area (Å²) < 4.78 is 5.31. The third-order valence-electron chi connectivity index (χ3n) is 2.81. The molecule has 0 radical (unpaired) electrons. The van der Waals surface area contributed by atoms with Gasteiger partial charge in [-0.1, -0.05) is 26.7 Å². The minimum Gasteiger partial charge on any atom is -0.462 e. The van der Waals surface area contributed by atoms with Gasteiger partial charge in [0.05, 0.1) is 0 Å². The van der Waals surface area contributed by atoms with Crippen LogP contribution < -0.4 is 0 Å². The van der Waals surface area contributed by atoms with Crippen molar-refractivity contribution in [2.24, 2.45) is 5.92 Å². The number of rotatable bonds is 4. The van der Waals surface area contributed by atoms with Crippen LogP contribution in [0.5, 0.6) is 0 Å². The highest BCUT2D eigenvalue weighted by Crippen LogP contribution is 2.24. The quantitative estimate of drug-likeness (QED) is 0.496. The highest BCUT2D eigenvalue weighted by molar-refractivity contribution is 5.70. The van der Waals surface area contributed by atoms with Gasteiger partial charge in [0.25, 0.3) is 0 Å². The van der Waals surface area contributed by atoms with Crippen molar-refractivity contribution in [2.45, 2.75) is 58.5 Å². The summed E-state index contributed by atoms with van der Waals surface area (Å²) in [6.07, 6.45) is 6.56. The number of esters is 1. The molecule has 0 aromatic heterocycles. The van der Waals surface area contributed by atoms with E-state index in [4.69, 9.17) is 4.74 Å². The molecule has 0 aliphatic carbocycles. The summed E-state index contributed by atoms with van der Waals surface area (Å²) in [5, 5.41) is 0. The molecule has 2 nitrogen and oxygen atoms in total. The summed E-state index contributed by atoms with van der Waals surface area (Å²) in [6.45, 7) is 4.37. The lowest BCUT2D eigenvalue weighted by Crippen LogP contribution is -2.30. The standard InChI is InChI=1S/C11H20O2/c1-3-4-5-6-10-9(2)7-8-11(12)13-10/h9-10H,3-8H2,1-2H3/t9-,10+/m1/s1. The summed E-state index contributed by atoms with van der Waals surface area (Å²) in [5.74, 6) is 0.564. The van der Waals surface area contributed by atoms with Crippen LogP contribution >= 0.6 is 0 Å². The van der Waals surface area contributed by atoms with Crippen molar-refractivity contribution < 1.29 is 9.53 Å². The SMILES string of the molecule is CCCCC[C@@H]1OC(=O)CC[C@H]1C. The average molecular weight is 184 g/mol. The number of hydrogen-bond acceptors (Lipinski definition) is 2. The Hall–Kier alpha value is -0.530. The van der Waals surface area contributed by atoms with Crippen LogP contribution in [0.1, 0.15) is 52.4 Å². The van der Waals surface area contributed by atoms with Crippen molar-refractivity contribution in [3.8, 4) is 0 Å². The van der Waals surface area contributed by atoms with Crippen LogP contribution in [0.25, 0.3) is 0 Å². The molecule has 1 rings (SSSR count). The summed E-state index contributed by atoms with van der Waals surface area (Å²) in [5.41, 5.74) is 0. The second-order valence-electron chi connectivity index (χ2n) is 4.04. The van der Waals surface area contributed by atoms with Gasteiger partial charge in [0.1, 0.15) is 6.10 Å². The Kier molecular flexibility index (Phi) is 4.26. The molecule has 0 aromatic carbocycles. The van der Waals surface area contributed by atoms with Gasteiger partial charge in [-0.25, -0.2) is 0 Å². The first-order chi connectivity index (χ1) is 6.24. The molecule has 0 saturated carbocycles. The van der Waals surface area contributed by atoms with Gasteiger partial charge in [0.15, 0.2) is 0 Å². The van der Waals surface area contributed by atoms with Gasteiger partial charge < -0.3 is 4.74 Å². The second-order valence-corrected chi connectivity index (χ2v) is 4.04. The molecule has 76 valence electrons. The molecule has 0 bridgehead atoms. The fourth-order valence-corrected chi connectivity index (χ4v) is 1.81. The van der Waals surface area contributed by atoms with Crippen molar-refractivity contribution in [1.29, 1.82) is 0 Å². The maximum absolute atomic E-state index is 11.0. The van der Waals surface area contributed by atoms with E-state index in [-0.39, 0.29) is 12.1 Å². The summed E-state index contributed by atoms with van der Waals surface area (Å²) in [7, 11) is 0. The topological polar surface area (TPSA) is 26.3 Å². The summed E-state index contributed by atoms with van der Waals surface area (Å²) >= 11 is 0. The van der Waals surface area contributed by atoms with E-state index in [1.807, 2.05) is 0 Å². The molecular weight excluding hydrogens is 164 g/mol. The first-order valence-electron chi connectivity index (χ1n) is 5.43. The smallest absolute Gasteiger partial charge is 0.306 e. The number of hydrogen-bond donors (Lipinski definition) is 0. The predicted octanol–water partition coefficient (Wildman–Crippen LogP) is 2.91. The Labute approximate surface area is 80.7 Å². The van der Waals surface area contributed by atoms with Gasteiger partial charge in [-0.3, -0.25) is 4.79 Å². The first kappa shape index (κ1) is 10.6. The van der Waals surface area contributed by atoms with Gasteiger partial charge in [-0.15, -0.1) is 0 Å². The van der Waals surface area contributed by atoms with Crippen LogP contribution in [0.2, 0.25) is 0 Å². The third kappa shape index (κ3) is 3.37. The minimum absolute atomic E-state index is 0.000372. The molecule has 1 aliphatic heterocycles. The zero-order valence-electron chi connectivity index (χ0n) is 8.71. The zero-order chi connectivity index (χ0) is 9.68. The number of carbonyl (C=O) groups is 1. The molecule has 1 saturated heterocycles. The van der Waals surface area contributed by atoms with E-state index in [1.165, 1.54) is 19.3 Å². The fraction of sp³-hybridized carbons (Fsp3) is 0.909. The predicted molar refractivity (Wildman–Crippen MR) is 52.4 cm³/mol. The molecular formula is C11H20O2. The van der Waals surface area contributed by atoms with Crippen LogP contribution in [0.4, 0.5) is 0 Å². The molecule has 13 heavy (non-hydrogen) atoms. The van der Waals surface area contributed by atoms with Crippen molar-refractivity contribution in [3.63, 3.8) is 0 Å². The van der Waals surface area contributed by atoms with Crippen LogP contribution in [0.15, 0.2) is 0 Å². The van der Waals surface area contributed by atoms with E-state index in [1.54, 1.807) is 0 Å². The van der Waals surface area contributed by atoms with E-state index in [0.29, 0.717) is 12.3 Å². The molecule has 2 atom stereocenters. The van der Waals surface area contributed by atoms with E-state index < -0.39 is 0 Å². The summed E-state index contributed by atoms with van der Waals surface area (Å²) in [4.78, 5) is 11.0. The third-order valence-corrected chi connectivity index (χ3v) is 2.81. The lowest BCUT2D eigenvalue weighted by molar-refractivity contribution is -0.158. The van der Waals surface area contributed by atoms with Gasteiger partial charge in [-0.05, 0) is 25.2 Å². The normalized spacial score (nSPS) is 28.6. The lowest BCUT2D eigenvalue weighted by Gasteiger charge is -2.28. The van der Waals surface area contributed by atoms with Crippen LogP contribution in [0, 0.1) is 5.92 Å². The van der Waals surface area contributed by atoms with Gasteiger partial charge >= 0.3 is 5.97 Å². The Balaban J connectivity index is 2.25. The lowest BCUT2D eigenvalue weighted by atomic mass is 9.92. The summed E-state index contributed by atoms with van der Waals surface area (Å²) in [6, 6.07) is 0. The van der Waals surface area contributed by atoms with E-state index in [0.717, 1.165) is 12.8 Å². The highest BCUT2D eigenvalue weighted by Gasteiger charge is 2.26. The molecule has 0 N–H and O–H groups in total. The Bertz CT molecular complexity index is 165. The molecule has 0 amide bonds. The zero-order valence-corrected chi connectivity index (χ0v) is 8.71. The molecule has 1 aliphatic rings. The molecule has 0 unspecified atom stereocenters. The maximum atomic E-state index is 11.0. The maximum Gasteiger partial charge on any atom is 0.306 e. The van der Waals surface area contributed by atoms with Crippen molar-refractivity contribution in [1.82, 2.24) is 0 Å². The molecule has 1 fully saturated rings. The molecule has 0 aromatic rings. The van der Waals surface area contributed by atoms with Crippen molar-refractivity contribution in [2.75, 3.05) is 0 Å². The van der Waals surface area contributed by atoms with Crippen LogP contribution in [0.3, 0.4) is 0 Å². The Morgan fingerprint density at radius 2 is 2.23 bits per heavy atom. The highest BCUT2D eigenvalue weighted by atomic mass is 16.5. The van der Waals surface area contributed by atoms with E-state index >= 15 is 0 Å². The van der Waals surface area contributed by atoms with Crippen LogP contribution in [-0.2, 0) is 9.53 Å². The van der Waals surface area contributed by atoms with Gasteiger partial charge in [0.2, 0.25) is 0 Å². The number of unbranched alkanes of at least 4 members (excludes halogenated alkanes) is 2. The Morgan fingerprint density at radius 1 is 1.46 bits per heavy atom. The number of carbonyl (C=O) groups excluding carboxylic acids is 1. The fourth-order valence-electron chi connectivity index (χ4n) is 1.81. The van der Waals surface area contributed by atoms with E-state index in [9.17, 15) is 4.79 Å². The molecule has 2 heteroatoms. The van der Waals surface area contributed by atoms with Gasteiger partial charge in [0, 0.05) is 6.42 Å². The monoisotopic (exact) mass is 184 g/mol. The second kappa shape index (κ2) is 5.25. The number of cyclic esters (lactones) is 1. The largest absolute Gasteiger partial charge is 0.462 e. The minimum atomic E-state index is -0.000372. The molecule has 1 heterocycles. The van der Waals surface area contributed by atoms with Crippen LogP contribution in [-0.4, -0.2) is 12.1 Å². The van der Waals surface area contributed by atoms with E-state index in [2.05, 4.69) is 13.8 Å². The number of ether oxygens (including phenoxy) is 1. The van der Waals surface area contributed by atoms with Crippen molar-refractivity contribution in [3.05, 3.63) is 0 Å². The first-order valence-corrected chi connectivity index (χ1v) is 5.43.